The highest BCUT2D eigenvalue weighted by Crippen LogP contribution is 2.11. The largest absolute Gasteiger partial charge is 0.356 e. The molecule has 0 radical (unpaired) electrons. The quantitative estimate of drug-likeness (QED) is 0.572. The standard InChI is InChI=1S/C19H24N4O2/c1-4-18(24)21-17-8-5-7-16(12-17)13-19(25)20-9-6-10-23-15(3)11-14(2)22-23/h4-5,7-8,11-12H,1,6,9-10,13H2,2-3H3,(H,20,25)(H,21,24). The molecule has 0 saturated heterocycles. The predicted octanol–water partition coefficient (Wildman–Crippen LogP) is 2.37. The van der Waals surface area contributed by atoms with Gasteiger partial charge in [-0.25, -0.2) is 0 Å². The van der Waals surface area contributed by atoms with E-state index >= 15 is 0 Å². The van der Waals surface area contributed by atoms with Gasteiger partial charge in [0.05, 0.1) is 12.1 Å². The lowest BCUT2D eigenvalue weighted by Crippen LogP contribution is -2.27. The van der Waals surface area contributed by atoms with Crippen LogP contribution in [0.25, 0.3) is 0 Å². The number of carbonyl (C=O) groups is 2. The maximum atomic E-state index is 12.0. The maximum absolute atomic E-state index is 12.0. The normalized spacial score (nSPS) is 10.3. The molecule has 6 heteroatoms. The van der Waals surface area contributed by atoms with Crippen LogP contribution in [0.4, 0.5) is 5.69 Å². The number of benzene rings is 1. The highest BCUT2D eigenvalue weighted by atomic mass is 16.2. The summed E-state index contributed by atoms with van der Waals surface area (Å²) >= 11 is 0. The van der Waals surface area contributed by atoms with E-state index in [9.17, 15) is 9.59 Å². The van der Waals surface area contributed by atoms with E-state index in [0.29, 0.717) is 12.2 Å². The van der Waals surface area contributed by atoms with E-state index in [2.05, 4.69) is 22.3 Å². The number of nitrogens with one attached hydrogen (secondary N) is 2. The summed E-state index contributed by atoms with van der Waals surface area (Å²) in [7, 11) is 0. The van der Waals surface area contributed by atoms with Crippen LogP contribution in [0.3, 0.4) is 0 Å². The minimum absolute atomic E-state index is 0.0411. The van der Waals surface area contributed by atoms with E-state index in [-0.39, 0.29) is 18.2 Å². The Morgan fingerprint density at radius 1 is 1.28 bits per heavy atom. The summed E-state index contributed by atoms with van der Waals surface area (Å²) < 4.78 is 1.95. The maximum Gasteiger partial charge on any atom is 0.247 e. The van der Waals surface area contributed by atoms with E-state index in [1.807, 2.05) is 36.7 Å². The summed E-state index contributed by atoms with van der Waals surface area (Å²) in [6, 6.07) is 9.27. The van der Waals surface area contributed by atoms with Gasteiger partial charge in [0.15, 0.2) is 0 Å². The van der Waals surface area contributed by atoms with Crippen molar-refractivity contribution in [1.29, 1.82) is 0 Å². The molecule has 2 aromatic rings. The van der Waals surface area contributed by atoms with Crippen LogP contribution in [0.2, 0.25) is 0 Å². The molecule has 0 spiro atoms. The Bertz CT molecular complexity index is 765. The third-order valence-electron chi connectivity index (χ3n) is 3.72. The molecular weight excluding hydrogens is 316 g/mol. The lowest BCUT2D eigenvalue weighted by atomic mass is 10.1. The van der Waals surface area contributed by atoms with Gasteiger partial charge < -0.3 is 10.6 Å². The number of nitrogens with zero attached hydrogens (tertiary/aromatic N) is 2. The molecule has 0 atom stereocenters. The number of hydrogen-bond donors (Lipinski definition) is 2. The molecular formula is C19H24N4O2. The average Bonchev–Trinajstić information content (AvgIpc) is 2.89. The molecule has 6 nitrogen and oxygen atoms in total. The molecule has 2 amide bonds. The van der Waals surface area contributed by atoms with Crippen molar-refractivity contribution in [2.24, 2.45) is 0 Å². The zero-order valence-electron chi connectivity index (χ0n) is 14.7. The van der Waals surface area contributed by atoms with Crippen molar-refractivity contribution in [3.8, 4) is 0 Å². The Morgan fingerprint density at radius 2 is 2.08 bits per heavy atom. The van der Waals surface area contributed by atoms with Gasteiger partial charge >= 0.3 is 0 Å². The van der Waals surface area contributed by atoms with Crippen LogP contribution in [-0.2, 0) is 22.6 Å². The van der Waals surface area contributed by atoms with Crippen molar-refractivity contribution in [3.05, 3.63) is 59.9 Å². The van der Waals surface area contributed by atoms with Crippen molar-refractivity contribution in [1.82, 2.24) is 15.1 Å². The topological polar surface area (TPSA) is 76.0 Å². The molecule has 0 saturated carbocycles. The summed E-state index contributed by atoms with van der Waals surface area (Å²) in [4.78, 5) is 23.4. The number of amides is 2. The summed E-state index contributed by atoms with van der Waals surface area (Å²) in [5.41, 5.74) is 3.63. The van der Waals surface area contributed by atoms with E-state index < -0.39 is 0 Å². The van der Waals surface area contributed by atoms with Gasteiger partial charge in [-0.3, -0.25) is 14.3 Å². The van der Waals surface area contributed by atoms with E-state index in [4.69, 9.17) is 0 Å². The van der Waals surface area contributed by atoms with Gasteiger partial charge in [0.25, 0.3) is 0 Å². The molecule has 0 aliphatic heterocycles. The third-order valence-corrected chi connectivity index (χ3v) is 3.72. The number of rotatable bonds is 8. The Morgan fingerprint density at radius 3 is 2.76 bits per heavy atom. The first-order valence-electron chi connectivity index (χ1n) is 8.28. The molecule has 1 aromatic carbocycles. The zero-order valence-corrected chi connectivity index (χ0v) is 14.7. The second kappa shape index (κ2) is 8.82. The third kappa shape index (κ3) is 5.91. The van der Waals surface area contributed by atoms with Crippen LogP contribution in [-0.4, -0.2) is 28.1 Å². The van der Waals surface area contributed by atoms with Gasteiger partial charge in [-0.05, 0) is 50.1 Å². The summed E-state index contributed by atoms with van der Waals surface area (Å²) in [6.07, 6.45) is 2.31. The fourth-order valence-electron chi connectivity index (χ4n) is 2.56. The Labute approximate surface area is 147 Å². The van der Waals surface area contributed by atoms with Crippen LogP contribution < -0.4 is 10.6 Å². The van der Waals surface area contributed by atoms with Gasteiger partial charge in [-0.1, -0.05) is 18.7 Å². The van der Waals surface area contributed by atoms with Gasteiger partial charge in [0.2, 0.25) is 11.8 Å². The average molecular weight is 340 g/mol. The summed E-state index contributed by atoms with van der Waals surface area (Å²) in [6.45, 7) is 8.79. The fraction of sp³-hybridized carbons (Fsp3) is 0.316. The molecule has 0 unspecified atom stereocenters. The minimum atomic E-state index is -0.272. The Kier molecular flexibility index (Phi) is 6.51. The van der Waals surface area contributed by atoms with Crippen LogP contribution in [0.15, 0.2) is 43.0 Å². The Balaban J connectivity index is 1.76. The van der Waals surface area contributed by atoms with Gasteiger partial charge in [-0.2, -0.15) is 5.10 Å². The molecule has 0 aliphatic rings. The fourth-order valence-corrected chi connectivity index (χ4v) is 2.56. The summed E-state index contributed by atoms with van der Waals surface area (Å²) in [5.74, 6) is -0.314. The first kappa shape index (κ1) is 18.4. The summed E-state index contributed by atoms with van der Waals surface area (Å²) in [5, 5.41) is 10.00. The second-order valence-electron chi connectivity index (χ2n) is 5.92. The van der Waals surface area contributed by atoms with Crippen LogP contribution in [0.1, 0.15) is 23.4 Å². The zero-order chi connectivity index (χ0) is 18.2. The van der Waals surface area contributed by atoms with Gasteiger partial charge in [0, 0.05) is 24.5 Å². The SMILES string of the molecule is C=CC(=O)Nc1cccc(CC(=O)NCCCn2nc(C)cc2C)c1. The highest BCUT2D eigenvalue weighted by molar-refractivity contribution is 5.98. The molecule has 1 aromatic heterocycles. The molecule has 2 rings (SSSR count). The van der Waals surface area contributed by atoms with E-state index in [1.165, 1.54) is 6.08 Å². The molecule has 1 heterocycles. The lowest BCUT2D eigenvalue weighted by molar-refractivity contribution is -0.120. The van der Waals surface area contributed by atoms with Crippen molar-refractivity contribution >= 4 is 17.5 Å². The molecule has 25 heavy (non-hydrogen) atoms. The second-order valence-corrected chi connectivity index (χ2v) is 5.92. The number of hydrogen-bond acceptors (Lipinski definition) is 3. The predicted molar refractivity (Wildman–Crippen MR) is 98.3 cm³/mol. The molecule has 2 N–H and O–H groups in total. The molecule has 132 valence electrons. The van der Waals surface area contributed by atoms with Crippen LogP contribution in [0, 0.1) is 13.8 Å². The Hall–Kier alpha value is -2.89. The van der Waals surface area contributed by atoms with Crippen molar-refractivity contribution in [2.75, 3.05) is 11.9 Å². The van der Waals surface area contributed by atoms with E-state index in [0.717, 1.165) is 29.9 Å². The highest BCUT2D eigenvalue weighted by Gasteiger charge is 2.05. The smallest absolute Gasteiger partial charge is 0.247 e. The molecule has 0 fully saturated rings. The first-order chi connectivity index (χ1) is 12.0. The van der Waals surface area contributed by atoms with Crippen molar-refractivity contribution < 1.29 is 9.59 Å². The molecule has 0 bridgehead atoms. The van der Waals surface area contributed by atoms with Gasteiger partial charge in [0.1, 0.15) is 0 Å². The van der Waals surface area contributed by atoms with Crippen molar-refractivity contribution in [3.63, 3.8) is 0 Å². The number of aromatic nitrogens is 2. The lowest BCUT2D eigenvalue weighted by Gasteiger charge is -2.08. The van der Waals surface area contributed by atoms with Crippen molar-refractivity contribution in [2.45, 2.75) is 33.2 Å². The number of aryl methyl sites for hydroxylation is 3. The van der Waals surface area contributed by atoms with E-state index in [1.54, 1.807) is 12.1 Å². The van der Waals surface area contributed by atoms with Crippen LogP contribution >= 0.6 is 0 Å². The number of carbonyl (C=O) groups excluding carboxylic acids is 2. The molecule has 0 aliphatic carbocycles. The minimum Gasteiger partial charge on any atom is -0.356 e. The van der Waals surface area contributed by atoms with Gasteiger partial charge in [-0.15, -0.1) is 0 Å². The first-order valence-corrected chi connectivity index (χ1v) is 8.28. The number of anilines is 1. The van der Waals surface area contributed by atoms with Crippen LogP contribution in [0.5, 0.6) is 0 Å². The monoisotopic (exact) mass is 340 g/mol.